The van der Waals surface area contributed by atoms with Gasteiger partial charge < -0.3 is 15.4 Å². The van der Waals surface area contributed by atoms with Crippen molar-refractivity contribution < 1.29 is 14.3 Å². The average molecular weight is 373 g/mol. The van der Waals surface area contributed by atoms with Gasteiger partial charge in [0.05, 0.1) is 29.1 Å². The number of amides is 2. The third-order valence-corrected chi connectivity index (χ3v) is 5.18. The smallest absolute Gasteiger partial charge is 0.261 e. The van der Waals surface area contributed by atoms with Crippen LogP contribution in [0.5, 0.6) is 0 Å². The molecule has 1 aromatic heterocycles. The van der Waals surface area contributed by atoms with Gasteiger partial charge in [0, 0.05) is 26.6 Å². The van der Waals surface area contributed by atoms with E-state index in [9.17, 15) is 9.59 Å². The second kappa shape index (κ2) is 8.93. The lowest BCUT2D eigenvalue weighted by molar-refractivity contribution is -0.114. The maximum atomic E-state index is 12.7. The Morgan fingerprint density at radius 1 is 1.15 bits per heavy atom. The van der Waals surface area contributed by atoms with Crippen LogP contribution in [0.1, 0.15) is 28.2 Å². The predicted octanol–water partition coefficient (Wildman–Crippen LogP) is 2.51. The van der Waals surface area contributed by atoms with E-state index in [0.29, 0.717) is 9.88 Å². The van der Waals surface area contributed by atoms with Crippen molar-refractivity contribution in [3.63, 3.8) is 0 Å². The summed E-state index contributed by atoms with van der Waals surface area (Å²) in [5, 5.41) is 6.52. The Hall–Kier alpha value is -2.22. The normalized spacial score (nSPS) is 16.0. The Morgan fingerprint density at radius 3 is 2.58 bits per heavy atom. The van der Waals surface area contributed by atoms with Crippen LogP contribution in [-0.4, -0.2) is 49.6 Å². The Bertz CT molecular complexity index is 741. The fraction of sp³-hybridized carbons (Fsp3) is 0.368. The molecular weight excluding hydrogens is 350 g/mol. The number of carbonyl (C=O) groups is 2. The molecule has 1 fully saturated rings. The molecule has 6 nitrogen and oxygen atoms in total. The summed E-state index contributed by atoms with van der Waals surface area (Å²) in [7, 11) is 0. The van der Waals surface area contributed by atoms with Crippen molar-refractivity contribution in [2.45, 2.75) is 13.0 Å². The molecular formula is C19H23N3O3S. The molecule has 2 aromatic rings. The number of carbonyl (C=O) groups excluding carboxylic acids is 2. The largest absolute Gasteiger partial charge is 0.379 e. The van der Waals surface area contributed by atoms with E-state index in [-0.39, 0.29) is 17.9 Å². The van der Waals surface area contributed by atoms with Crippen LogP contribution in [0.4, 0.5) is 5.00 Å². The van der Waals surface area contributed by atoms with E-state index < -0.39 is 0 Å². The first-order valence-electron chi connectivity index (χ1n) is 8.65. The maximum Gasteiger partial charge on any atom is 0.261 e. The van der Waals surface area contributed by atoms with E-state index >= 15 is 0 Å². The number of anilines is 1. The third-order valence-electron chi connectivity index (χ3n) is 4.18. The summed E-state index contributed by atoms with van der Waals surface area (Å²) in [5.74, 6) is -0.276. The van der Waals surface area contributed by atoms with E-state index in [0.717, 1.165) is 38.4 Å². The number of benzene rings is 1. The quantitative estimate of drug-likeness (QED) is 0.816. The summed E-state index contributed by atoms with van der Waals surface area (Å²) in [6, 6.07) is 13.4. The fourth-order valence-corrected chi connectivity index (χ4v) is 3.75. The maximum absolute atomic E-state index is 12.7. The highest BCUT2D eigenvalue weighted by atomic mass is 32.1. The van der Waals surface area contributed by atoms with Crippen LogP contribution < -0.4 is 10.6 Å². The second-order valence-corrected chi connectivity index (χ2v) is 7.28. The van der Waals surface area contributed by atoms with Crippen molar-refractivity contribution in [2.24, 2.45) is 0 Å². The number of thiophene rings is 1. The minimum absolute atomic E-state index is 0.104. The third kappa shape index (κ3) is 5.14. The molecule has 1 saturated heterocycles. The van der Waals surface area contributed by atoms with Crippen molar-refractivity contribution in [1.29, 1.82) is 0 Å². The van der Waals surface area contributed by atoms with Crippen molar-refractivity contribution in [1.82, 2.24) is 10.2 Å². The Labute approximate surface area is 157 Å². The molecule has 1 atom stereocenters. The van der Waals surface area contributed by atoms with Gasteiger partial charge >= 0.3 is 0 Å². The Balaban J connectivity index is 1.70. The molecule has 2 heterocycles. The van der Waals surface area contributed by atoms with Crippen molar-refractivity contribution in [2.75, 3.05) is 38.2 Å². The molecule has 1 unspecified atom stereocenters. The molecule has 0 radical (unpaired) electrons. The first-order chi connectivity index (χ1) is 12.6. The predicted molar refractivity (Wildman–Crippen MR) is 103 cm³/mol. The Kier molecular flexibility index (Phi) is 6.38. The molecule has 138 valence electrons. The summed E-state index contributed by atoms with van der Waals surface area (Å²) < 4.78 is 5.41. The molecule has 1 aliphatic heterocycles. The highest BCUT2D eigenvalue weighted by Crippen LogP contribution is 2.23. The Morgan fingerprint density at radius 2 is 1.88 bits per heavy atom. The van der Waals surface area contributed by atoms with Gasteiger partial charge in [0.15, 0.2) is 0 Å². The molecule has 0 aliphatic carbocycles. The highest BCUT2D eigenvalue weighted by Gasteiger charge is 2.21. The molecule has 2 amide bonds. The van der Waals surface area contributed by atoms with Gasteiger partial charge in [0.25, 0.3) is 5.91 Å². The fourth-order valence-electron chi connectivity index (χ4n) is 2.89. The van der Waals surface area contributed by atoms with Crippen LogP contribution in [0, 0.1) is 0 Å². The lowest BCUT2D eigenvalue weighted by Crippen LogP contribution is -2.43. The van der Waals surface area contributed by atoms with Gasteiger partial charge in [-0.2, -0.15) is 0 Å². The van der Waals surface area contributed by atoms with E-state index in [1.807, 2.05) is 30.3 Å². The van der Waals surface area contributed by atoms with Gasteiger partial charge in [-0.25, -0.2) is 0 Å². The van der Waals surface area contributed by atoms with Crippen LogP contribution in [0.2, 0.25) is 0 Å². The first kappa shape index (κ1) is 18.6. The lowest BCUT2D eigenvalue weighted by Gasteiger charge is -2.31. The monoisotopic (exact) mass is 373 g/mol. The molecule has 0 saturated carbocycles. The number of morpholine rings is 1. The minimum atomic E-state index is -0.145. The first-order valence-corrected chi connectivity index (χ1v) is 9.47. The zero-order chi connectivity index (χ0) is 18.4. The van der Waals surface area contributed by atoms with Crippen molar-refractivity contribution >= 4 is 28.2 Å². The number of nitrogens with one attached hydrogen (secondary N) is 2. The topological polar surface area (TPSA) is 70.7 Å². The molecule has 26 heavy (non-hydrogen) atoms. The molecule has 2 N–H and O–H groups in total. The standard InChI is InChI=1S/C19H23N3O3S/c1-14(23)20-18-8-7-17(26-18)19(24)21-16(15-5-3-2-4-6-15)13-22-9-11-25-12-10-22/h2-8,16H,9-13H2,1H3,(H,20,23)(H,21,24). The van der Waals surface area contributed by atoms with E-state index in [4.69, 9.17) is 4.74 Å². The molecule has 1 aliphatic rings. The molecule has 1 aromatic carbocycles. The van der Waals surface area contributed by atoms with Gasteiger partial charge in [-0.1, -0.05) is 30.3 Å². The zero-order valence-corrected chi connectivity index (χ0v) is 15.6. The van der Waals surface area contributed by atoms with Crippen molar-refractivity contribution in [3.05, 3.63) is 52.9 Å². The number of hydrogen-bond acceptors (Lipinski definition) is 5. The number of hydrogen-bond donors (Lipinski definition) is 2. The van der Waals surface area contributed by atoms with Gasteiger partial charge in [0.2, 0.25) is 5.91 Å². The summed E-state index contributed by atoms with van der Waals surface area (Å²) in [6.07, 6.45) is 0. The van der Waals surface area contributed by atoms with Gasteiger partial charge in [-0.05, 0) is 17.7 Å². The van der Waals surface area contributed by atoms with Gasteiger partial charge in [0.1, 0.15) is 0 Å². The van der Waals surface area contributed by atoms with Crippen LogP contribution >= 0.6 is 11.3 Å². The van der Waals surface area contributed by atoms with Crippen LogP contribution in [0.15, 0.2) is 42.5 Å². The number of ether oxygens (including phenoxy) is 1. The van der Waals surface area contributed by atoms with Crippen LogP contribution in [0.25, 0.3) is 0 Å². The minimum Gasteiger partial charge on any atom is -0.379 e. The van der Waals surface area contributed by atoms with E-state index in [2.05, 4.69) is 15.5 Å². The summed E-state index contributed by atoms with van der Waals surface area (Å²) in [4.78, 5) is 26.8. The molecule has 7 heteroatoms. The van der Waals surface area contributed by atoms with E-state index in [1.54, 1.807) is 12.1 Å². The SMILES string of the molecule is CC(=O)Nc1ccc(C(=O)NC(CN2CCOCC2)c2ccccc2)s1. The van der Waals surface area contributed by atoms with Crippen LogP contribution in [-0.2, 0) is 9.53 Å². The number of rotatable bonds is 6. The zero-order valence-electron chi connectivity index (χ0n) is 14.7. The summed E-state index contributed by atoms with van der Waals surface area (Å²) in [5.41, 5.74) is 1.07. The van der Waals surface area contributed by atoms with Gasteiger partial charge in [-0.3, -0.25) is 14.5 Å². The summed E-state index contributed by atoms with van der Waals surface area (Å²) in [6.45, 7) is 5.37. The molecule has 0 spiro atoms. The molecule has 0 bridgehead atoms. The second-order valence-electron chi connectivity index (χ2n) is 6.19. The molecule has 3 rings (SSSR count). The summed E-state index contributed by atoms with van der Waals surface area (Å²) >= 11 is 1.27. The van der Waals surface area contributed by atoms with Crippen molar-refractivity contribution in [3.8, 4) is 0 Å². The van der Waals surface area contributed by atoms with E-state index in [1.165, 1.54) is 18.3 Å². The highest BCUT2D eigenvalue weighted by molar-refractivity contribution is 7.18. The van der Waals surface area contributed by atoms with Gasteiger partial charge in [-0.15, -0.1) is 11.3 Å². The average Bonchev–Trinajstić information content (AvgIpc) is 3.10. The van der Waals surface area contributed by atoms with Crippen LogP contribution in [0.3, 0.4) is 0 Å². The lowest BCUT2D eigenvalue weighted by atomic mass is 10.1. The number of nitrogens with zero attached hydrogens (tertiary/aromatic N) is 1.